The standard InChI is InChI=1S/C20H23ClFN5O/c21-17-3-1-4-18(22)16(17)13-27(15-5-6-15)14-19(28)25-9-11-26(12-10-25)20-23-7-2-8-24-20/h1-4,7-8,15H,5-6,9-14H2. The molecule has 0 atom stereocenters. The Kier molecular flexibility index (Phi) is 5.73. The minimum Gasteiger partial charge on any atom is -0.338 e. The molecule has 0 spiro atoms. The summed E-state index contributed by atoms with van der Waals surface area (Å²) in [5, 5.41) is 0.412. The molecule has 1 saturated carbocycles. The molecule has 2 aliphatic rings. The number of benzene rings is 1. The molecule has 0 radical (unpaired) electrons. The average molecular weight is 404 g/mol. The average Bonchev–Trinajstić information content (AvgIpc) is 3.56. The third kappa shape index (κ3) is 4.42. The fourth-order valence-corrected chi connectivity index (χ4v) is 3.75. The van der Waals surface area contributed by atoms with E-state index in [1.807, 2.05) is 4.90 Å². The zero-order chi connectivity index (χ0) is 19.5. The van der Waals surface area contributed by atoms with E-state index in [0.717, 1.165) is 12.8 Å². The van der Waals surface area contributed by atoms with Gasteiger partial charge in [-0.3, -0.25) is 9.69 Å². The largest absolute Gasteiger partial charge is 0.338 e. The van der Waals surface area contributed by atoms with Crippen LogP contribution in [0.4, 0.5) is 10.3 Å². The number of carbonyl (C=O) groups is 1. The predicted octanol–water partition coefficient (Wildman–Crippen LogP) is 2.58. The Morgan fingerprint density at radius 3 is 2.50 bits per heavy atom. The summed E-state index contributed by atoms with van der Waals surface area (Å²) in [5.74, 6) is 0.457. The topological polar surface area (TPSA) is 52.6 Å². The van der Waals surface area contributed by atoms with Crippen molar-refractivity contribution in [3.8, 4) is 0 Å². The monoisotopic (exact) mass is 403 g/mol. The second kappa shape index (κ2) is 8.41. The first-order valence-electron chi connectivity index (χ1n) is 9.58. The Hall–Kier alpha value is -2.25. The third-order valence-electron chi connectivity index (χ3n) is 5.29. The summed E-state index contributed by atoms with van der Waals surface area (Å²) in [4.78, 5) is 27.4. The lowest BCUT2D eigenvalue weighted by molar-refractivity contribution is -0.133. The maximum absolute atomic E-state index is 14.2. The van der Waals surface area contributed by atoms with Gasteiger partial charge in [-0.1, -0.05) is 17.7 Å². The van der Waals surface area contributed by atoms with Crippen molar-refractivity contribution in [2.24, 2.45) is 0 Å². The molecule has 0 N–H and O–H groups in total. The number of rotatable bonds is 6. The summed E-state index contributed by atoms with van der Waals surface area (Å²) in [6, 6.07) is 6.83. The van der Waals surface area contributed by atoms with Gasteiger partial charge in [-0.05, 0) is 31.0 Å². The minimum atomic E-state index is -0.318. The first kappa shape index (κ1) is 19.1. The Bertz CT molecular complexity index is 804. The molecule has 1 aromatic carbocycles. The molecule has 4 rings (SSSR count). The molecule has 2 fully saturated rings. The van der Waals surface area contributed by atoms with Crippen LogP contribution in [0.15, 0.2) is 36.7 Å². The minimum absolute atomic E-state index is 0.0768. The van der Waals surface area contributed by atoms with Crippen molar-refractivity contribution in [1.82, 2.24) is 19.8 Å². The Labute approximate surface area is 168 Å². The second-order valence-corrected chi connectivity index (χ2v) is 7.66. The number of aromatic nitrogens is 2. The molecule has 148 valence electrons. The van der Waals surface area contributed by atoms with Gasteiger partial charge in [-0.2, -0.15) is 0 Å². The van der Waals surface area contributed by atoms with Gasteiger partial charge >= 0.3 is 0 Å². The van der Waals surface area contributed by atoms with Crippen molar-refractivity contribution >= 4 is 23.5 Å². The van der Waals surface area contributed by atoms with E-state index in [4.69, 9.17) is 11.6 Å². The molecular weight excluding hydrogens is 381 g/mol. The SMILES string of the molecule is O=C(CN(Cc1c(F)cccc1Cl)C1CC1)N1CCN(c2ncccn2)CC1. The van der Waals surface area contributed by atoms with Crippen molar-refractivity contribution < 1.29 is 9.18 Å². The molecule has 6 nitrogen and oxygen atoms in total. The van der Waals surface area contributed by atoms with Crippen LogP contribution >= 0.6 is 11.6 Å². The van der Waals surface area contributed by atoms with Crippen LogP contribution in [0.2, 0.25) is 5.02 Å². The van der Waals surface area contributed by atoms with Crippen LogP contribution in [0.1, 0.15) is 18.4 Å². The van der Waals surface area contributed by atoms with Crippen LogP contribution < -0.4 is 4.90 Å². The lowest BCUT2D eigenvalue weighted by atomic mass is 10.2. The summed E-state index contributed by atoms with van der Waals surface area (Å²) < 4.78 is 14.2. The number of amides is 1. The highest BCUT2D eigenvalue weighted by atomic mass is 35.5. The third-order valence-corrected chi connectivity index (χ3v) is 5.65. The van der Waals surface area contributed by atoms with E-state index >= 15 is 0 Å². The molecule has 1 amide bonds. The summed E-state index contributed by atoms with van der Waals surface area (Å²) in [6.07, 6.45) is 5.53. The highest BCUT2D eigenvalue weighted by molar-refractivity contribution is 6.31. The highest BCUT2D eigenvalue weighted by Crippen LogP contribution is 2.30. The van der Waals surface area contributed by atoms with E-state index in [-0.39, 0.29) is 18.3 Å². The zero-order valence-corrected chi connectivity index (χ0v) is 16.4. The second-order valence-electron chi connectivity index (χ2n) is 7.25. The van der Waals surface area contributed by atoms with Gasteiger partial charge in [-0.15, -0.1) is 0 Å². The molecule has 1 saturated heterocycles. The van der Waals surface area contributed by atoms with Gasteiger partial charge in [0.25, 0.3) is 0 Å². The van der Waals surface area contributed by atoms with Crippen LogP contribution in [0, 0.1) is 5.82 Å². The van der Waals surface area contributed by atoms with Crippen LogP contribution in [0.3, 0.4) is 0 Å². The smallest absolute Gasteiger partial charge is 0.236 e. The zero-order valence-electron chi connectivity index (χ0n) is 15.6. The fourth-order valence-electron chi connectivity index (χ4n) is 3.52. The maximum Gasteiger partial charge on any atom is 0.236 e. The van der Waals surface area contributed by atoms with Crippen LogP contribution in [0.25, 0.3) is 0 Å². The number of halogens is 2. The predicted molar refractivity (Wildman–Crippen MR) is 106 cm³/mol. The number of carbonyl (C=O) groups excluding carboxylic acids is 1. The fraction of sp³-hybridized carbons (Fsp3) is 0.450. The van der Waals surface area contributed by atoms with Gasteiger partial charge in [0.05, 0.1) is 6.54 Å². The Morgan fingerprint density at radius 1 is 1.14 bits per heavy atom. The lowest BCUT2D eigenvalue weighted by Gasteiger charge is -2.36. The van der Waals surface area contributed by atoms with Gasteiger partial charge < -0.3 is 9.80 Å². The molecule has 0 unspecified atom stereocenters. The van der Waals surface area contributed by atoms with Crippen LogP contribution in [-0.2, 0) is 11.3 Å². The van der Waals surface area contributed by atoms with Gasteiger partial charge in [0.1, 0.15) is 5.82 Å². The molecule has 8 heteroatoms. The molecule has 1 aromatic heterocycles. The van der Waals surface area contributed by atoms with Crippen LogP contribution in [0.5, 0.6) is 0 Å². The molecule has 0 bridgehead atoms. The van der Waals surface area contributed by atoms with Crippen molar-refractivity contribution in [3.63, 3.8) is 0 Å². The number of anilines is 1. The highest BCUT2D eigenvalue weighted by Gasteiger charge is 2.33. The maximum atomic E-state index is 14.2. The lowest BCUT2D eigenvalue weighted by Crippen LogP contribution is -2.51. The molecular formula is C20H23ClFN5O. The summed E-state index contributed by atoms with van der Waals surface area (Å²) in [5.41, 5.74) is 0.468. The molecule has 28 heavy (non-hydrogen) atoms. The number of piperazine rings is 1. The van der Waals surface area contributed by atoms with E-state index < -0.39 is 0 Å². The van der Waals surface area contributed by atoms with Crippen molar-refractivity contribution in [3.05, 3.63) is 53.1 Å². The number of hydrogen-bond donors (Lipinski definition) is 0. The Morgan fingerprint density at radius 2 is 1.86 bits per heavy atom. The number of nitrogens with zero attached hydrogens (tertiary/aromatic N) is 5. The van der Waals surface area contributed by atoms with Gasteiger partial charge in [-0.25, -0.2) is 14.4 Å². The van der Waals surface area contributed by atoms with Gasteiger partial charge in [0.15, 0.2) is 0 Å². The van der Waals surface area contributed by atoms with Crippen molar-refractivity contribution in [2.45, 2.75) is 25.4 Å². The van der Waals surface area contributed by atoms with Crippen molar-refractivity contribution in [2.75, 3.05) is 37.6 Å². The number of hydrogen-bond acceptors (Lipinski definition) is 5. The van der Waals surface area contributed by atoms with Gasteiger partial charge in [0, 0.05) is 61.7 Å². The Balaban J connectivity index is 1.35. The van der Waals surface area contributed by atoms with E-state index in [1.165, 1.54) is 6.07 Å². The van der Waals surface area contributed by atoms with E-state index in [0.29, 0.717) is 55.3 Å². The van der Waals surface area contributed by atoms with Crippen molar-refractivity contribution in [1.29, 1.82) is 0 Å². The molecule has 2 heterocycles. The quantitative estimate of drug-likeness (QED) is 0.742. The van der Waals surface area contributed by atoms with Crippen LogP contribution in [-0.4, -0.2) is 64.4 Å². The molecule has 1 aliphatic heterocycles. The summed E-state index contributed by atoms with van der Waals surface area (Å²) >= 11 is 6.18. The van der Waals surface area contributed by atoms with E-state index in [9.17, 15) is 9.18 Å². The van der Waals surface area contributed by atoms with Gasteiger partial charge in [0.2, 0.25) is 11.9 Å². The van der Waals surface area contributed by atoms with E-state index in [1.54, 1.807) is 30.6 Å². The molecule has 1 aliphatic carbocycles. The first-order valence-corrected chi connectivity index (χ1v) is 9.96. The summed E-state index contributed by atoms with van der Waals surface area (Å²) in [7, 11) is 0. The van der Waals surface area contributed by atoms with E-state index in [2.05, 4.69) is 19.8 Å². The summed E-state index contributed by atoms with van der Waals surface area (Å²) in [6.45, 7) is 3.33. The molecule has 2 aromatic rings. The first-order chi connectivity index (χ1) is 13.6. The normalized spacial score (nSPS) is 17.2.